The van der Waals surface area contributed by atoms with Crippen molar-refractivity contribution in [2.75, 3.05) is 52.4 Å². The predicted molar refractivity (Wildman–Crippen MR) is 104 cm³/mol. The zero-order valence-electron chi connectivity index (χ0n) is 16.3. The van der Waals surface area contributed by atoms with Gasteiger partial charge in [-0.25, -0.2) is 0 Å². The molecule has 1 aliphatic heterocycles. The lowest BCUT2D eigenvalue weighted by Crippen LogP contribution is -2.48. The second kappa shape index (κ2) is 10.9. The molecule has 0 bridgehead atoms. The van der Waals surface area contributed by atoms with Gasteiger partial charge in [-0.1, -0.05) is 29.8 Å². The topological polar surface area (TPSA) is 101 Å². The van der Waals surface area contributed by atoms with E-state index in [1.165, 1.54) is 0 Å². The van der Waals surface area contributed by atoms with Gasteiger partial charge >= 0.3 is 11.9 Å². The Morgan fingerprint density at radius 3 is 2.21 bits per heavy atom. The van der Waals surface area contributed by atoms with Crippen molar-refractivity contribution in [1.29, 1.82) is 0 Å². The average Bonchev–Trinajstić information content (AvgIpc) is 2.69. The molecule has 2 N–H and O–H groups in total. The summed E-state index contributed by atoms with van der Waals surface area (Å²) in [7, 11) is 0. The molecular formula is C20H29N3O5. The van der Waals surface area contributed by atoms with E-state index >= 15 is 0 Å². The first kappa shape index (κ1) is 22.0. The van der Waals surface area contributed by atoms with E-state index in [0.29, 0.717) is 39.1 Å². The third-order valence-electron chi connectivity index (χ3n) is 5.04. The van der Waals surface area contributed by atoms with E-state index in [1.807, 2.05) is 45.9 Å². The second-order valence-electron chi connectivity index (χ2n) is 7.30. The predicted octanol–water partition coefficient (Wildman–Crippen LogP) is 0.194. The van der Waals surface area contributed by atoms with Crippen molar-refractivity contribution in [3.05, 3.63) is 35.4 Å². The van der Waals surface area contributed by atoms with E-state index in [4.69, 9.17) is 0 Å². The van der Waals surface area contributed by atoms with Crippen LogP contribution in [-0.4, -0.2) is 102 Å². The molecule has 28 heavy (non-hydrogen) atoms. The first-order chi connectivity index (χ1) is 13.4. The van der Waals surface area contributed by atoms with Gasteiger partial charge in [-0.15, -0.1) is 0 Å². The van der Waals surface area contributed by atoms with Crippen molar-refractivity contribution in [2.45, 2.75) is 19.4 Å². The van der Waals surface area contributed by atoms with Gasteiger partial charge in [0.2, 0.25) is 0 Å². The standard InChI is InChI=1S/C20H29N3O5/c1-16-2-4-17(5-3-16)12-18-13-22(14-19(25)26)7-6-21(10-11-24)8-9-23(18)15-20(27)28/h2-5,11,18H,6-10,12-15H2,1H3,(H,25,26)(H,27,28). The van der Waals surface area contributed by atoms with Crippen molar-refractivity contribution in [3.63, 3.8) is 0 Å². The Kier molecular flexibility index (Phi) is 8.56. The summed E-state index contributed by atoms with van der Waals surface area (Å²) >= 11 is 0. The molecule has 1 aromatic rings. The number of carbonyl (C=O) groups is 3. The quantitative estimate of drug-likeness (QED) is 0.606. The van der Waals surface area contributed by atoms with Crippen molar-refractivity contribution >= 4 is 18.2 Å². The molecule has 154 valence electrons. The van der Waals surface area contributed by atoms with Gasteiger partial charge < -0.3 is 15.0 Å². The van der Waals surface area contributed by atoms with Crippen LogP contribution in [-0.2, 0) is 20.8 Å². The smallest absolute Gasteiger partial charge is 0.317 e. The zero-order valence-corrected chi connectivity index (χ0v) is 16.3. The Labute approximate surface area is 165 Å². The fourth-order valence-corrected chi connectivity index (χ4v) is 3.55. The number of hydrogen-bond donors (Lipinski definition) is 2. The monoisotopic (exact) mass is 391 g/mol. The third kappa shape index (κ3) is 7.38. The molecule has 2 rings (SSSR count). The molecule has 0 radical (unpaired) electrons. The molecule has 8 heteroatoms. The lowest BCUT2D eigenvalue weighted by molar-refractivity contribution is -0.140. The van der Waals surface area contributed by atoms with Gasteiger partial charge in [-0.05, 0) is 18.9 Å². The second-order valence-corrected chi connectivity index (χ2v) is 7.30. The van der Waals surface area contributed by atoms with E-state index in [-0.39, 0.29) is 25.7 Å². The molecule has 1 heterocycles. The molecule has 0 saturated carbocycles. The number of aldehydes is 1. The van der Waals surface area contributed by atoms with Crippen LogP contribution < -0.4 is 0 Å². The van der Waals surface area contributed by atoms with Gasteiger partial charge in [-0.3, -0.25) is 24.3 Å². The summed E-state index contributed by atoms with van der Waals surface area (Å²) in [5.41, 5.74) is 2.24. The number of hydrogen-bond acceptors (Lipinski definition) is 6. The molecule has 8 nitrogen and oxygen atoms in total. The molecule has 0 spiro atoms. The fourth-order valence-electron chi connectivity index (χ4n) is 3.55. The summed E-state index contributed by atoms with van der Waals surface area (Å²) < 4.78 is 0. The maximum atomic E-state index is 11.4. The molecule has 0 aliphatic carbocycles. The number of benzene rings is 1. The van der Waals surface area contributed by atoms with Crippen molar-refractivity contribution in [3.8, 4) is 0 Å². The third-order valence-corrected chi connectivity index (χ3v) is 5.04. The van der Waals surface area contributed by atoms with E-state index in [2.05, 4.69) is 0 Å². The van der Waals surface area contributed by atoms with Gasteiger partial charge in [0.15, 0.2) is 0 Å². The highest BCUT2D eigenvalue weighted by atomic mass is 16.4. The summed E-state index contributed by atoms with van der Waals surface area (Å²) in [5, 5.41) is 18.6. The Morgan fingerprint density at radius 1 is 1.00 bits per heavy atom. The van der Waals surface area contributed by atoms with Crippen LogP contribution in [0.2, 0.25) is 0 Å². The number of nitrogens with zero attached hydrogens (tertiary/aromatic N) is 3. The zero-order chi connectivity index (χ0) is 20.5. The molecule has 1 atom stereocenters. The Hall–Kier alpha value is -2.29. The first-order valence-electron chi connectivity index (χ1n) is 9.49. The van der Waals surface area contributed by atoms with Gasteiger partial charge in [0.25, 0.3) is 0 Å². The van der Waals surface area contributed by atoms with Gasteiger partial charge in [-0.2, -0.15) is 0 Å². The van der Waals surface area contributed by atoms with E-state index < -0.39 is 11.9 Å². The highest BCUT2D eigenvalue weighted by Gasteiger charge is 2.27. The maximum Gasteiger partial charge on any atom is 0.317 e. The van der Waals surface area contributed by atoms with Crippen LogP contribution in [0.5, 0.6) is 0 Å². The molecule has 0 aromatic heterocycles. The summed E-state index contributed by atoms with van der Waals surface area (Å²) in [6.07, 6.45) is 1.46. The highest BCUT2D eigenvalue weighted by Crippen LogP contribution is 2.14. The number of aryl methyl sites for hydroxylation is 1. The van der Waals surface area contributed by atoms with Crippen molar-refractivity contribution in [1.82, 2.24) is 14.7 Å². The van der Waals surface area contributed by atoms with E-state index in [0.717, 1.165) is 17.4 Å². The minimum Gasteiger partial charge on any atom is -0.480 e. The largest absolute Gasteiger partial charge is 0.480 e. The van der Waals surface area contributed by atoms with Crippen LogP contribution in [0.15, 0.2) is 24.3 Å². The van der Waals surface area contributed by atoms with Crippen LogP contribution in [0.3, 0.4) is 0 Å². The highest BCUT2D eigenvalue weighted by molar-refractivity contribution is 5.69. The molecule has 1 unspecified atom stereocenters. The molecule has 1 aromatic carbocycles. The fraction of sp³-hybridized carbons (Fsp3) is 0.550. The van der Waals surface area contributed by atoms with Gasteiger partial charge in [0.05, 0.1) is 19.6 Å². The maximum absolute atomic E-state index is 11.4. The van der Waals surface area contributed by atoms with Crippen LogP contribution in [0.4, 0.5) is 0 Å². The SMILES string of the molecule is Cc1ccc(CC2CN(CC(=O)O)CCN(CC=O)CCN2CC(=O)O)cc1. The summed E-state index contributed by atoms with van der Waals surface area (Å²) in [4.78, 5) is 39.4. The number of carboxylic acid groups (broad SMARTS) is 2. The van der Waals surface area contributed by atoms with Crippen LogP contribution >= 0.6 is 0 Å². The molecule has 1 saturated heterocycles. The Bertz CT molecular complexity index is 664. The van der Waals surface area contributed by atoms with Crippen molar-refractivity contribution < 1.29 is 24.6 Å². The van der Waals surface area contributed by atoms with Gasteiger partial charge in [0.1, 0.15) is 6.29 Å². The molecule has 0 amide bonds. The molecule has 1 aliphatic rings. The van der Waals surface area contributed by atoms with Crippen LogP contribution in [0, 0.1) is 6.92 Å². The number of aliphatic carboxylic acids is 2. The van der Waals surface area contributed by atoms with E-state index in [9.17, 15) is 24.6 Å². The van der Waals surface area contributed by atoms with Crippen LogP contribution in [0.25, 0.3) is 0 Å². The normalized spacial score (nSPS) is 20.1. The number of carbonyl (C=O) groups excluding carboxylic acids is 1. The number of rotatable bonds is 8. The van der Waals surface area contributed by atoms with Crippen molar-refractivity contribution in [2.24, 2.45) is 0 Å². The summed E-state index contributed by atoms with van der Waals surface area (Å²) in [6.45, 7) is 4.67. The van der Waals surface area contributed by atoms with Gasteiger partial charge in [0, 0.05) is 38.8 Å². The summed E-state index contributed by atoms with van der Waals surface area (Å²) in [6, 6.07) is 7.97. The van der Waals surface area contributed by atoms with E-state index in [1.54, 1.807) is 0 Å². The lowest BCUT2D eigenvalue weighted by atomic mass is 10.0. The lowest BCUT2D eigenvalue weighted by Gasteiger charge is -2.33. The Morgan fingerprint density at radius 2 is 1.61 bits per heavy atom. The first-order valence-corrected chi connectivity index (χ1v) is 9.49. The summed E-state index contributed by atoms with van der Waals surface area (Å²) in [5.74, 6) is -1.83. The molecular weight excluding hydrogens is 362 g/mol. The Balaban J connectivity index is 2.26. The van der Waals surface area contributed by atoms with Crippen LogP contribution in [0.1, 0.15) is 11.1 Å². The molecule has 1 fully saturated rings. The minimum atomic E-state index is -0.917. The average molecular weight is 391 g/mol. The number of carboxylic acids is 2. The minimum absolute atomic E-state index is 0.111.